The molecule has 20 heavy (non-hydrogen) atoms. The van der Waals surface area contributed by atoms with E-state index in [2.05, 4.69) is 15.5 Å². The summed E-state index contributed by atoms with van der Waals surface area (Å²) in [4.78, 5) is 28.1. The van der Waals surface area contributed by atoms with Gasteiger partial charge in [-0.05, 0) is 27.2 Å². The lowest BCUT2D eigenvalue weighted by Crippen LogP contribution is -2.44. The first kappa shape index (κ1) is 15.9. The Balaban J connectivity index is 2.45. The van der Waals surface area contributed by atoms with Gasteiger partial charge in [-0.25, -0.2) is 4.79 Å². The second-order valence-corrected chi connectivity index (χ2v) is 4.68. The molecule has 8 heteroatoms. The van der Waals surface area contributed by atoms with Crippen molar-refractivity contribution < 1.29 is 19.2 Å². The predicted octanol–water partition coefficient (Wildman–Crippen LogP) is 1.16. The second kappa shape index (κ2) is 7.46. The number of amides is 2. The average Bonchev–Trinajstić information content (AvgIpc) is 2.77. The quantitative estimate of drug-likeness (QED) is 0.777. The highest BCUT2D eigenvalue weighted by Crippen LogP contribution is 2.03. The van der Waals surface area contributed by atoms with Gasteiger partial charge in [-0.1, -0.05) is 5.16 Å². The highest BCUT2D eigenvalue weighted by molar-refractivity contribution is 5.74. The summed E-state index contributed by atoms with van der Waals surface area (Å²) in [5.74, 6) is -0.0167. The molecule has 0 aliphatic carbocycles. The normalized spacial score (nSPS) is 10.6. The Kier molecular flexibility index (Phi) is 5.95. The number of carboxylic acids is 1. The molecule has 8 nitrogen and oxygen atoms in total. The van der Waals surface area contributed by atoms with Gasteiger partial charge in [0.05, 0.1) is 6.54 Å². The number of carboxylic acid groups (broad SMARTS) is 1. The standard InChI is InChI=1S/C12H20N4O4/c1-8(2)16(6-4-5-11(17)18)12(19)13-7-10-14-9(3)15-20-10/h8H,4-7H2,1-3H3,(H,13,19)(H,17,18). The zero-order chi connectivity index (χ0) is 15.1. The zero-order valence-electron chi connectivity index (χ0n) is 11.9. The molecule has 0 radical (unpaired) electrons. The molecule has 2 amide bonds. The van der Waals surface area contributed by atoms with Crippen LogP contribution in [-0.4, -0.2) is 44.7 Å². The van der Waals surface area contributed by atoms with Gasteiger partial charge in [-0.15, -0.1) is 0 Å². The van der Waals surface area contributed by atoms with Gasteiger partial charge in [0.1, 0.15) is 0 Å². The number of rotatable bonds is 7. The Morgan fingerprint density at radius 3 is 2.65 bits per heavy atom. The smallest absolute Gasteiger partial charge is 0.318 e. The van der Waals surface area contributed by atoms with Crippen molar-refractivity contribution in [2.45, 2.75) is 46.2 Å². The molecule has 0 saturated heterocycles. The van der Waals surface area contributed by atoms with Crippen LogP contribution in [-0.2, 0) is 11.3 Å². The molecule has 2 N–H and O–H groups in total. The first-order chi connectivity index (χ1) is 9.40. The van der Waals surface area contributed by atoms with E-state index in [1.807, 2.05) is 13.8 Å². The average molecular weight is 284 g/mol. The number of hydrogen-bond donors (Lipinski definition) is 2. The number of carbonyl (C=O) groups is 2. The summed E-state index contributed by atoms with van der Waals surface area (Å²) in [5.41, 5.74) is 0. The van der Waals surface area contributed by atoms with E-state index in [0.717, 1.165) is 0 Å². The van der Waals surface area contributed by atoms with Crippen molar-refractivity contribution in [3.8, 4) is 0 Å². The molecule has 1 rings (SSSR count). The summed E-state index contributed by atoms with van der Waals surface area (Å²) in [6.45, 7) is 5.98. The summed E-state index contributed by atoms with van der Waals surface area (Å²) in [7, 11) is 0. The molecule has 0 bridgehead atoms. The van der Waals surface area contributed by atoms with Crippen LogP contribution < -0.4 is 5.32 Å². The minimum atomic E-state index is -0.865. The van der Waals surface area contributed by atoms with Crippen LogP contribution in [0.3, 0.4) is 0 Å². The number of aromatic nitrogens is 2. The van der Waals surface area contributed by atoms with E-state index in [-0.39, 0.29) is 25.0 Å². The maximum atomic E-state index is 12.0. The number of hydrogen-bond acceptors (Lipinski definition) is 5. The van der Waals surface area contributed by atoms with Gasteiger partial charge in [-0.2, -0.15) is 4.98 Å². The maximum absolute atomic E-state index is 12.0. The van der Waals surface area contributed by atoms with Crippen LogP contribution in [0.2, 0.25) is 0 Å². The molecule has 0 aliphatic heterocycles. The van der Waals surface area contributed by atoms with Crippen LogP contribution in [0.5, 0.6) is 0 Å². The van der Waals surface area contributed by atoms with Crippen LogP contribution in [0.4, 0.5) is 4.79 Å². The zero-order valence-corrected chi connectivity index (χ0v) is 11.9. The summed E-state index contributed by atoms with van der Waals surface area (Å²) >= 11 is 0. The SMILES string of the molecule is Cc1noc(CNC(=O)N(CCCC(=O)O)C(C)C)n1. The molecule has 112 valence electrons. The van der Waals surface area contributed by atoms with Gasteiger partial charge in [-0.3, -0.25) is 4.79 Å². The summed E-state index contributed by atoms with van der Waals surface area (Å²) in [6.07, 6.45) is 0.458. The lowest BCUT2D eigenvalue weighted by Gasteiger charge is -2.26. The van der Waals surface area contributed by atoms with E-state index < -0.39 is 5.97 Å². The van der Waals surface area contributed by atoms with E-state index in [9.17, 15) is 9.59 Å². The summed E-state index contributed by atoms with van der Waals surface area (Å²) in [5, 5.41) is 14.9. The summed E-state index contributed by atoms with van der Waals surface area (Å²) in [6, 6.07) is -0.297. The van der Waals surface area contributed by atoms with Gasteiger partial charge >= 0.3 is 12.0 Å². The molecule has 0 aliphatic rings. The minimum Gasteiger partial charge on any atom is -0.481 e. The third kappa shape index (κ3) is 5.25. The Bertz CT molecular complexity index is 458. The fraction of sp³-hybridized carbons (Fsp3) is 0.667. The van der Waals surface area contributed by atoms with E-state index >= 15 is 0 Å². The number of aryl methyl sites for hydroxylation is 1. The van der Waals surface area contributed by atoms with Crippen molar-refractivity contribution in [2.24, 2.45) is 0 Å². The van der Waals surface area contributed by atoms with Crippen LogP contribution in [0.15, 0.2) is 4.52 Å². The largest absolute Gasteiger partial charge is 0.481 e. The fourth-order valence-corrected chi connectivity index (χ4v) is 1.66. The van der Waals surface area contributed by atoms with Crippen molar-refractivity contribution >= 4 is 12.0 Å². The van der Waals surface area contributed by atoms with Gasteiger partial charge in [0, 0.05) is 19.0 Å². The summed E-state index contributed by atoms with van der Waals surface area (Å²) < 4.78 is 4.90. The Hall–Kier alpha value is -2.12. The lowest BCUT2D eigenvalue weighted by molar-refractivity contribution is -0.137. The molecular formula is C12H20N4O4. The first-order valence-corrected chi connectivity index (χ1v) is 6.45. The lowest BCUT2D eigenvalue weighted by atomic mass is 10.2. The van der Waals surface area contributed by atoms with Crippen LogP contribution in [0, 0.1) is 6.92 Å². The molecule has 0 saturated carbocycles. The second-order valence-electron chi connectivity index (χ2n) is 4.68. The minimum absolute atomic E-state index is 0.0202. The molecule has 1 aromatic rings. The number of nitrogens with one attached hydrogen (secondary N) is 1. The number of aliphatic carboxylic acids is 1. The van der Waals surface area contributed by atoms with E-state index in [1.165, 1.54) is 0 Å². The number of nitrogens with zero attached hydrogens (tertiary/aromatic N) is 3. The van der Waals surface area contributed by atoms with Crippen molar-refractivity contribution in [3.05, 3.63) is 11.7 Å². The van der Waals surface area contributed by atoms with E-state index in [1.54, 1.807) is 11.8 Å². The number of urea groups is 1. The predicted molar refractivity (Wildman–Crippen MR) is 70.0 cm³/mol. The molecule has 0 fully saturated rings. The molecule has 0 atom stereocenters. The van der Waals surface area contributed by atoms with Crippen molar-refractivity contribution in [1.29, 1.82) is 0 Å². The Labute approximate surface area is 117 Å². The van der Waals surface area contributed by atoms with E-state index in [0.29, 0.717) is 24.7 Å². The molecular weight excluding hydrogens is 264 g/mol. The third-order valence-electron chi connectivity index (χ3n) is 2.63. The van der Waals surface area contributed by atoms with Gasteiger partial charge in [0.2, 0.25) is 5.89 Å². The maximum Gasteiger partial charge on any atom is 0.318 e. The highest BCUT2D eigenvalue weighted by atomic mass is 16.5. The number of carbonyl (C=O) groups excluding carboxylic acids is 1. The van der Waals surface area contributed by atoms with Gasteiger partial charge < -0.3 is 19.8 Å². The topological polar surface area (TPSA) is 109 Å². The Morgan fingerprint density at radius 1 is 1.45 bits per heavy atom. The van der Waals surface area contributed by atoms with Crippen LogP contribution in [0.25, 0.3) is 0 Å². The first-order valence-electron chi connectivity index (χ1n) is 6.45. The fourth-order valence-electron chi connectivity index (χ4n) is 1.66. The monoisotopic (exact) mass is 284 g/mol. The Morgan fingerprint density at radius 2 is 2.15 bits per heavy atom. The van der Waals surface area contributed by atoms with Gasteiger partial charge in [0.25, 0.3) is 0 Å². The van der Waals surface area contributed by atoms with Crippen molar-refractivity contribution in [1.82, 2.24) is 20.4 Å². The van der Waals surface area contributed by atoms with Crippen LogP contribution >= 0.6 is 0 Å². The van der Waals surface area contributed by atoms with E-state index in [4.69, 9.17) is 9.63 Å². The van der Waals surface area contributed by atoms with Gasteiger partial charge in [0.15, 0.2) is 5.82 Å². The van der Waals surface area contributed by atoms with Crippen molar-refractivity contribution in [3.63, 3.8) is 0 Å². The molecule has 0 spiro atoms. The third-order valence-corrected chi connectivity index (χ3v) is 2.63. The molecule has 0 aromatic carbocycles. The van der Waals surface area contributed by atoms with Crippen molar-refractivity contribution in [2.75, 3.05) is 6.54 Å². The highest BCUT2D eigenvalue weighted by Gasteiger charge is 2.17. The molecule has 1 aromatic heterocycles. The molecule has 1 heterocycles. The van der Waals surface area contributed by atoms with Crippen LogP contribution in [0.1, 0.15) is 38.4 Å². The molecule has 0 unspecified atom stereocenters.